The van der Waals surface area contributed by atoms with Gasteiger partial charge in [-0.05, 0) is 6.42 Å². The number of primary amides is 1. The molecule has 0 heterocycles. The van der Waals surface area contributed by atoms with Crippen LogP contribution in [-0.4, -0.2) is 164 Å². The van der Waals surface area contributed by atoms with Crippen LogP contribution in [0.15, 0.2) is 0 Å². The summed E-state index contributed by atoms with van der Waals surface area (Å²) in [5.41, 5.74) is 5.01. The molecule has 0 rings (SSSR count). The Kier molecular flexibility index (Phi) is 37.1. The largest absolute Gasteiger partial charge is 0.379 e. The van der Waals surface area contributed by atoms with E-state index in [1.54, 1.807) is 0 Å². The SMILES string of the molecule is CCCOCCOCCOCCOCCOCCOCCOCCOCCOCCOCCOCCOCCC(N)=O. The smallest absolute Gasteiger partial charge is 0.219 e. The van der Waals surface area contributed by atoms with E-state index < -0.39 is 0 Å². The van der Waals surface area contributed by atoms with E-state index in [0.717, 1.165) is 13.0 Å². The van der Waals surface area contributed by atoms with E-state index >= 15 is 0 Å². The van der Waals surface area contributed by atoms with Gasteiger partial charge in [0.15, 0.2) is 0 Å². The molecule has 42 heavy (non-hydrogen) atoms. The molecule has 0 fully saturated rings. The fourth-order valence-electron chi connectivity index (χ4n) is 2.84. The summed E-state index contributed by atoms with van der Waals surface area (Å²) < 4.78 is 64.8. The highest BCUT2D eigenvalue weighted by molar-refractivity contribution is 5.73. The van der Waals surface area contributed by atoms with Crippen molar-refractivity contribution in [1.29, 1.82) is 0 Å². The minimum atomic E-state index is -0.373. The van der Waals surface area contributed by atoms with Crippen LogP contribution in [0, 0.1) is 0 Å². The van der Waals surface area contributed by atoms with Gasteiger partial charge in [-0.25, -0.2) is 0 Å². The Morgan fingerprint density at radius 2 is 0.500 bits per heavy atom. The van der Waals surface area contributed by atoms with Crippen molar-refractivity contribution in [3.8, 4) is 0 Å². The number of ether oxygens (including phenoxy) is 12. The minimum Gasteiger partial charge on any atom is -0.379 e. The van der Waals surface area contributed by atoms with Gasteiger partial charge in [-0.15, -0.1) is 0 Å². The van der Waals surface area contributed by atoms with E-state index in [-0.39, 0.29) is 12.3 Å². The fourth-order valence-corrected chi connectivity index (χ4v) is 2.84. The van der Waals surface area contributed by atoms with Crippen molar-refractivity contribution < 1.29 is 61.6 Å². The Balaban J connectivity index is 3.03. The first kappa shape index (κ1) is 41.0. The highest BCUT2D eigenvalue weighted by Crippen LogP contribution is 1.88. The predicted molar refractivity (Wildman–Crippen MR) is 154 cm³/mol. The van der Waals surface area contributed by atoms with Crippen LogP contribution in [0.25, 0.3) is 0 Å². The molecule has 0 saturated heterocycles. The minimum absolute atomic E-state index is 0.221. The predicted octanol–water partition coefficient (Wildman–Crippen LogP) is 0.471. The quantitative estimate of drug-likeness (QED) is 0.0959. The normalized spacial score (nSPS) is 11.5. The van der Waals surface area contributed by atoms with Crippen LogP contribution in [0.5, 0.6) is 0 Å². The van der Waals surface area contributed by atoms with E-state index in [1.165, 1.54) is 0 Å². The number of rotatable bonds is 38. The second kappa shape index (κ2) is 38.0. The second-order valence-corrected chi connectivity index (χ2v) is 8.56. The Labute approximate surface area is 251 Å². The van der Waals surface area contributed by atoms with Crippen LogP contribution in [0.4, 0.5) is 0 Å². The maximum atomic E-state index is 10.5. The molecule has 0 aromatic carbocycles. The van der Waals surface area contributed by atoms with Crippen molar-refractivity contribution in [2.45, 2.75) is 19.8 Å². The van der Waals surface area contributed by atoms with E-state index in [4.69, 9.17) is 62.6 Å². The third kappa shape index (κ3) is 39.0. The average Bonchev–Trinajstić information content (AvgIpc) is 2.98. The maximum Gasteiger partial charge on any atom is 0.219 e. The summed E-state index contributed by atoms with van der Waals surface area (Å²) >= 11 is 0. The van der Waals surface area contributed by atoms with Crippen LogP contribution in [-0.2, 0) is 61.6 Å². The number of nitrogens with two attached hydrogens (primary N) is 1. The van der Waals surface area contributed by atoms with Crippen LogP contribution in [0.1, 0.15) is 19.8 Å². The van der Waals surface area contributed by atoms with E-state index in [1.807, 2.05) is 0 Å². The Hall–Kier alpha value is -1.01. The molecule has 2 N–H and O–H groups in total. The van der Waals surface area contributed by atoms with Crippen LogP contribution >= 0.6 is 0 Å². The molecular weight excluding hydrogens is 558 g/mol. The summed E-state index contributed by atoms with van der Waals surface area (Å²) in [4.78, 5) is 10.5. The highest BCUT2D eigenvalue weighted by atomic mass is 16.6. The standard InChI is InChI=1S/C28H57NO13/c1-2-4-31-6-8-33-10-12-35-14-16-37-18-20-39-22-24-41-26-27-42-25-23-40-21-19-38-17-15-36-13-11-34-9-7-32-5-3-28(29)30/h2-27H2,1H3,(H2,29,30). The summed E-state index contributed by atoms with van der Waals surface area (Å²) in [5, 5.41) is 0. The van der Waals surface area contributed by atoms with Crippen molar-refractivity contribution in [3.63, 3.8) is 0 Å². The molecule has 0 aliphatic rings. The summed E-state index contributed by atoms with van der Waals surface area (Å²) in [6, 6.07) is 0. The zero-order valence-electron chi connectivity index (χ0n) is 25.8. The summed E-state index contributed by atoms with van der Waals surface area (Å²) in [6.45, 7) is 14.4. The third-order valence-electron chi connectivity index (χ3n) is 4.93. The molecule has 0 saturated carbocycles. The van der Waals surface area contributed by atoms with E-state index in [0.29, 0.717) is 152 Å². The highest BCUT2D eigenvalue weighted by Gasteiger charge is 1.97. The molecule has 0 radical (unpaired) electrons. The number of hydrogen-bond donors (Lipinski definition) is 1. The summed E-state index contributed by atoms with van der Waals surface area (Å²) in [7, 11) is 0. The van der Waals surface area contributed by atoms with Crippen molar-refractivity contribution in [2.75, 3.05) is 159 Å². The number of amides is 1. The molecule has 0 aliphatic carbocycles. The molecule has 0 atom stereocenters. The van der Waals surface area contributed by atoms with Crippen molar-refractivity contribution >= 4 is 5.91 Å². The molecule has 0 bridgehead atoms. The Bertz CT molecular complexity index is 520. The molecule has 1 amide bonds. The van der Waals surface area contributed by atoms with Gasteiger partial charge in [-0.1, -0.05) is 6.92 Å². The van der Waals surface area contributed by atoms with Gasteiger partial charge in [-0.2, -0.15) is 0 Å². The Morgan fingerprint density at radius 1 is 0.333 bits per heavy atom. The molecule has 0 unspecified atom stereocenters. The lowest BCUT2D eigenvalue weighted by Gasteiger charge is -2.09. The lowest BCUT2D eigenvalue weighted by atomic mass is 10.4. The summed E-state index contributed by atoms with van der Waals surface area (Å²) in [5.74, 6) is -0.373. The molecule has 0 aromatic rings. The van der Waals surface area contributed by atoms with Gasteiger partial charge in [0.1, 0.15) is 0 Å². The van der Waals surface area contributed by atoms with Crippen molar-refractivity contribution in [1.82, 2.24) is 0 Å². The molecule has 252 valence electrons. The van der Waals surface area contributed by atoms with Crippen LogP contribution in [0.2, 0.25) is 0 Å². The molecule has 14 heteroatoms. The zero-order chi connectivity index (χ0) is 30.4. The van der Waals surface area contributed by atoms with Crippen LogP contribution in [0.3, 0.4) is 0 Å². The van der Waals surface area contributed by atoms with Gasteiger partial charge >= 0.3 is 0 Å². The molecule has 0 aromatic heterocycles. The second-order valence-electron chi connectivity index (χ2n) is 8.56. The molecular formula is C28H57NO13. The van der Waals surface area contributed by atoms with Gasteiger partial charge in [0.25, 0.3) is 0 Å². The van der Waals surface area contributed by atoms with Gasteiger partial charge in [0, 0.05) is 13.0 Å². The van der Waals surface area contributed by atoms with Crippen LogP contribution < -0.4 is 5.73 Å². The van der Waals surface area contributed by atoms with E-state index in [2.05, 4.69) is 6.92 Å². The zero-order valence-corrected chi connectivity index (χ0v) is 25.8. The monoisotopic (exact) mass is 615 g/mol. The number of hydrogen-bond acceptors (Lipinski definition) is 13. The van der Waals surface area contributed by atoms with Crippen molar-refractivity contribution in [2.24, 2.45) is 5.73 Å². The van der Waals surface area contributed by atoms with Crippen molar-refractivity contribution in [3.05, 3.63) is 0 Å². The van der Waals surface area contributed by atoms with Gasteiger partial charge in [0.05, 0.1) is 152 Å². The number of carbonyl (C=O) groups is 1. The van der Waals surface area contributed by atoms with Gasteiger partial charge < -0.3 is 62.6 Å². The molecule has 0 spiro atoms. The first-order chi connectivity index (χ1) is 20.8. The molecule has 0 aliphatic heterocycles. The lowest BCUT2D eigenvalue weighted by Crippen LogP contribution is -2.16. The van der Waals surface area contributed by atoms with Gasteiger partial charge in [0.2, 0.25) is 5.91 Å². The maximum absolute atomic E-state index is 10.5. The first-order valence-electron chi connectivity index (χ1n) is 15.0. The topological polar surface area (TPSA) is 154 Å². The Morgan fingerprint density at radius 3 is 0.667 bits per heavy atom. The lowest BCUT2D eigenvalue weighted by molar-refractivity contribution is -0.119. The summed E-state index contributed by atoms with van der Waals surface area (Å²) in [6.07, 6.45) is 1.24. The fraction of sp³-hybridized carbons (Fsp3) is 0.964. The van der Waals surface area contributed by atoms with E-state index in [9.17, 15) is 4.79 Å². The van der Waals surface area contributed by atoms with Gasteiger partial charge in [-0.3, -0.25) is 4.79 Å². The molecule has 14 nitrogen and oxygen atoms in total. The third-order valence-corrected chi connectivity index (χ3v) is 4.93. The average molecular weight is 616 g/mol. The number of carbonyl (C=O) groups excluding carboxylic acids is 1. The first-order valence-corrected chi connectivity index (χ1v) is 15.0.